The Morgan fingerprint density at radius 1 is 1.43 bits per heavy atom. The molecule has 1 atom stereocenters. The van der Waals surface area contributed by atoms with Crippen LogP contribution in [-0.2, 0) is 9.53 Å². The highest BCUT2D eigenvalue weighted by Crippen LogP contribution is 2.19. The molecule has 21 heavy (non-hydrogen) atoms. The Bertz CT molecular complexity index is 570. The Labute approximate surface area is 123 Å². The van der Waals surface area contributed by atoms with E-state index in [2.05, 4.69) is 5.32 Å². The van der Waals surface area contributed by atoms with Crippen molar-refractivity contribution in [2.45, 2.75) is 38.8 Å². The topological polar surface area (TPSA) is 102 Å². The summed E-state index contributed by atoms with van der Waals surface area (Å²) in [6, 6.07) is 7.50. The number of aliphatic carboxylic acids is 1. The van der Waals surface area contributed by atoms with E-state index in [1.165, 1.54) is 6.07 Å². The number of nitriles is 1. The van der Waals surface area contributed by atoms with E-state index < -0.39 is 30.1 Å². The van der Waals surface area contributed by atoms with Crippen molar-refractivity contribution in [2.24, 2.45) is 0 Å². The van der Waals surface area contributed by atoms with E-state index >= 15 is 0 Å². The van der Waals surface area contributed by atoms with Gasteiger partial charge in [0.1, 0.15) is 5.60 Å². The van der Waals surface area contributed by atoms with E-state index in [1.54, 1.807) is 39.0 Å². The predicted octanol–water partition coefficient (Wildman–Crippen LogP) is 1.26. The highest BCUT2D eigenvalue weighted by Gasteiger charge is 2.21. The maximum atomic E-state index is 11.8. The minimum absolute atomic E-state index is 0.377. The number of alkyl carbamates (subject to hydrolysis) is 1. The van der Waals surface area contributed by atoms with Crippen molar-refractivity contribution in [1.82, 2.24) is 5.32 Å². The first-order valence-corrected chi connectivity index (χ1v) is 6.40. The summed E-state index contributed by atoms with van der Waals surface area (Å²) in [5.74, 6) is -1.31. The van der Waals surface area contributed by atoms with Crippen LogP contribution in [0.25, 0.3) is 0 Å². The molecular weight excluding hydrogens is 272 g/mol. The molecule has 0 saturated heterocycles. The summed E-state index contributed by atoms with van der Waals surface area (Å²) in [5, 5.41) is 22.2. The van der Waals surface area contributed by atoms with Gasteiger partial charge in [0.15, 0.2) is 0 Å². The third-order valence-corrected chi connectivity index (χ3v) is 2.48. The zero-order chi connectivity index (χ0) is 16.0. The molecule has 0 spiro atoms. The Morgan fingerprint density at radius 3 is 2.62 bits per heavy atom. The molecule has 0 heterocycles. The molecule has 0 radical (unpaired) electrons. The maximum Gasteiger partial charge on any atom is 0.408 e. The van der Waals surface area contributed by atoms with Crippen LogP contribution in [0.15, 0.2) is 24.3 Å². The first-order valence-electron chi connectivity index (χ1n) is 6.40. The van der Waals surface area contributed by atoms with Crippen molar-refractivity contribution in [1.29, 1.82) is 5.26 Å². The molecule has 1 rings (SSSR count). The monoisotopic (exact) mass is 289 g/mol. The average molecular weight is 289 g/mol. The van der Waals surface area contributed by atoms with Crippen LogP contribution in [0.4, 0.5) is 4.79 Å². The molecule has 0 unspecified atom stereocenters. The van der Waals surface area contributed by atoms with E-state index in [-0.39, 0.29) is 0 Å². The lowest BCUT2D eigenvalue weighted by molar-refractivity contribution is -0.306. The summed E-state index contributed by atoms with van der Waals surface area (Å²) in [7, 11) is 0. The normalized spacial score (nSPS) is 12.1. The first-order chi connectivity index (χ1) is 9.71. The van der Waals surface area contributed by atoms with Crippen LogP contribution in [0.3, 0.4) is 0 Å². The second-order valence-corrected chi connectivity index (χ2v) is 5.51. The fourth-order valence-electron chi connectivity index (χ4n) is 1.69. The van der Waals surface area contributed by atoms with Crippen LogP contribution in [0.5, 0.6) is 0 Å². The number of ether oxygens (including phenoxy) is 1. The van der Waals surface area contributed by atoms with Crippen molar-refractivity contribution < 1.29 is 19.4 Å². The number of carboxylic acid groups (broad SMARTS) is 1. The molecule has 0 aliphatic rings. The van der Waals surface area contributed by atoms with Crippen molar-refractivity contribution in [3.8, 4) is 6.07 Å². The summed E-state index contributed by atoms with van der Waals surface area (Å²) in [4.78, 5) is 22.6. The standard InChI is InChI=1S/C15H18N2O4/c1-15(2,3)21-14(20)17-12(8-13(18)19)11-6-4-5-10(7-11)9-16/h4-7,12H,8H2,1-3H3,(H,17,20)(H,18,19)/p-1/t12-/m1/s1. The number of amides is 1. The van der Waals surface area contributed by atoms with Gasteiger partial charge in [0, 0.05) is 12.4 Å². The second kappa shape index (κ2) is 6.75. The number of carbonyl (C=O) groups excluding carboxylic acids is 2. The SMILES string of the molecule is CC(C)(C)OC(=O)N[C@H](CC(=O)[O-])c1cccc(C#N)c1. The lowest BCUT2D eigenvalue weighted by atomic mass is 10.0. The zero-order valence-corrected chi connectivity index (χ0v) is 12.2. The number of nitrogens with one attached hydrogen (secondary N) is 1. The number of carboxylic acids is 1. The number of nitrogens with zero attached hydrogens (tertiary/aromatic N) is 1. The molecule has 6 heteroatoms. The summed E-state index contributed by atoms with van der Waals surface area (Å²) in [5.41, 5.74) is 0.191. The smallest absolute Gasteiger partial charge is 0.408 e. The fraction of sp³-hybridized carbons (Fsp3) is 0.400. The van der Waals surface area contributed by atoms with Crippen LogP contribution < -0.4 is 10.4 Å². The largest absolute Gasteiger partial charge is 0.550 e. The Balaban J connectivity index is 2.93. The predicted molar refractivity (Wildman–Crippen MR) is 72.9 cm³/mol. The van der Waals surface area contributed by atoms with Gasteiger partial charge in [-0.1, -0.05) is 12.1 Å². The lowest BCUT2D eigenvalue weighted by Gasteiger charge is -2.24. The van der Waals surface area contributed by atoms with Gasteiger partial charge in [0.2, 0.25) is 0 Å². The van der Waals surface area contributed by atoms with E-state index in [4.69, 9.17) is 10.00 Å². The van der Waals surface area contributed by atoms with E-state index in [0.29, 0.717) is 11.1 Å². The van der Waals surface area contributed by atoms with Crippen LogP contribution >= 0.6 is 0 Å². The van der Waals surface area contributed by atoms with Gasteiger partial charge in [0.05, 0.1) is 17.7 Å². The maximum absolute atomic E-state index is 11.8. The lowest BCUT2D eigenvalue weighted by Crippen LogP contribution is -2.37. The van der Waals surface area contributed by atoms with Gasteiger partial charge < -0.3 is 20.0 Å². The van der Waals surface area contributed by atoms with E-state index in [1.807, 2.05) is 6.07 Å². The van der Waals surface area contributed by atoms with Crippen LogP contribution in [-0.4, -0.2) is 17.7 Å². The minimum Gasteiger partial charge on any atom is -0.550 e. The summed E-state index contributed by atoms with van der Waals surface area (Å²) in [6.45, 7) is 5.12. The van der Waals surface area contributed by atoms with Crippen molar-refractivity contribution in [3.05, 3.63) is 35.4 Å². The number of hydrogen-bond donors (Lipinski definition) is 1. The Morgan fingerprint density at radius 2 is 2.10 bits per heavy atom. The van der Waals surface area contributed by atoms with E-state index in [0.717, 1.165) is 0 Å². The van der Waals surface area contributed by atoms with Gasteiger partial charge in [-0.25, -0.2) is 4.79 Å². The van der Waals surface area contributed by atoms with Crippen molar-refractivity contribution >= 4 is 12.1 Å². The van der Waals surface area contributed by atoms with Gasteiger partial charge >= 0.3 is 6.09 Å². The molecular formula is C15H17N2O4-. The van der Waals surface area contributed by atoms with Crippen LogP contribution in [0.1, 0.15) is 44.4 Å². The molecule has 1 amide bonds. The van der Waals surface area contributed by atoms with Crippen molar-refractivity contribution in [2.75, 3.05) is 0 Å². The third kappa shape index (κ3) is 5.95. The molecule has 1 aromatic carbocycles. The third-order valence-electron chi connectivity index (χ3n) is 2.48. The summed E-state index contributed by atoms with van der Waals surface area (Å²) < 4.78 is 5.10. The van der Waals surface area contributed by atoms with Gasteiger partial charge in [-0.05, 0) is 38.5 Å². The van der Waals surface area contributed by atoms with Gasteiger partial charge in [-0.3, -0.25) is 0 Å². The number of rotatable bonds is 4. The fourth-order valence-corrected chi connectivity index (χ4v) is 1.69. The van der Waals surface area contributed by atoms with Gasteiger partial charge in [-0.2, -0.15) is 5.26 Å². The highest BCUT2D eigenvalue weighted by atomic mass is 16.6. The summed E-state index contributed by atoms with van der Waals surface area (Å²) >= 11 is 0. The second-order valence-electron chi connectivity index (χ2n) is 5.51. The molecule has 0 fully saturated rings. The molecule has 0 aliphatic carbocycles. The minimum atomic E-state index is -1.31. The van der Waals surface area contributed by atoms with E-state index in [9.17, 15) is 14.7 Å². The molecule has 6 nitrogen and oxygen atoms in total. The molecule has 0 bridgehead atoms. The molecule has 1 N–H and O–H groups in total. The van der Waals surface area contributed by atoms with Gasteiger partial charge in [0.25, 0.3) is 0 Å². The van der Waals surface area contributed by atoms with Crippen LogP contribution in [0.2, 0.25) is 0 Å². The van der Waals surface area contributed by atoms with Crippen molar-refractivity contribution in [3.63, 3.8) is 0 Å². The number of hydrogen-bond acceptors (Lipinski definition) is 5. The first kappa shape index (κ1) is 16.5. The average Bonchev–Trinajstić information content (AvgIpc) is 2.35. The molecule has 1 aromatic rings. The Hall–Kier alpha value is -2.55. The molecule has 112 valence electrons. The number of carbonyl (C=O) groups is 2. The zero-order valence-electron chi connectivity index (χ0n) is 12.2. The van der Waals surface area contributed by atoms with Crippen LogP contribution in [0, 0.1) is 11.3 Å². The van der Waals surface area contributed by atoms with Gasteiger partial charge in [-0.15, -0.1) is 0 Å². The molecule has 0 aliphatic heterocycles. The number of benzene rings is 1. The highest BCUT2D eigenvalue weighted by molar-refractivity contribution is 5.71. The quantitative estimate of drug-likeness (QED) is 0.899. The molecule has 0 aromatic heterocycles. The summed E-state index contributed by atoms with van der Waals surface area (Å²) in [6.07, 6.45) is -1.13. The molecule has 0 saturated carbocycles. The Kier molecular flexibility index (Phi) is 5.30.